The maximum Gasteiger partial charge on any atom is 0.459 e. The third-order valence-electron chi connectivity index (χ3n) is 2.68. The van der Waals surface area contributed by atoms with Gasteiger partial charge in [-0.05, 0) is 0 Å². The fourth-order valence-electron chi connectivity index (χ4n) is 1.48. The van der Waals surface area contributed by atoms with Crippen LogP contribution in [0.2, 0.25) is 0 Å². The molecule has 0 heterocycles. The van der Waals surface area contributed by atoms with E-state index in [1.54, 1.807) is 0 Å². The van der Waals surface area contributed by atoms with Crippen LogP contribution in [0.25, 0.3) is 0 Å². The fraction of sp³-hybridized carbons (Fsp3) is 0.417. The Morgan fingerprint density at radius 1 is 1.15 bits per heavy atom. The van der Waals surface area contributed by atoms with Crippen LogP contribution < -0.4 is 0 Å². The summed E-state index contributed by atoms with van der Waals surface area (Å²) in [4.78, 5) is 11.7. The Balaban J connectivity index is 3.05. The molecular weight excluding hydrogens is 287 g/mol. The summed E-state index contributed by atoms with van der Waals surface area (Å²) in [6.45, 7) is 0. The van der Waals surface area contributed by atoms with E-state index in [0.717, 1.165) is 0 Å². The summed E-state index contributed by atoms with van der Waals surface area (Å²) in [5, 5.41) is 9.40. The van der Waals surface area contributed by atoms with Crippen molar-refractivity contribution < 1.29 is 36.6 Å². The summed E-state index contributed by atoms with van der Waals surface area (Å²) in [5.41, 5.74) is -0.110. The SMILES string of the molecule is COC(O)(CC(=O)c1ccccc1)C(F)(F)C(F)(F)F. The Labute approximate surface area is 111 Å². The lowest BCUT2D eigenvalue weighted by molar-refractivity contribution is -0.398. The van der Waals surface area contributed by atoms with Gasteiger partial charge in [0, 0.05) is 12.7 Å². The molecule has 1 atom stereocenters. The van der Waals surface area contributed by atoms with Crippen molar-refractivity contribution in [1.82, 2.24) is 0 Å². The van der Waals surface area contributed by atoms with Gasteiger partial charge in [0.15, 0.2) is 5.78 Å². The first kappa shape index (κ1) is 16.5. The Hall–Kier alpha value is -1.54. The standard InChI is InChI=1S/C12H11F5O3/c1-20-10(19,11(13,14)12(15,16)17)7-9(18)8-5-3-2-4-6-8/h2-6,19H,7H2,1H3. The molecule has 0 saturated carbocycles. The molecular formula is C12H11F5O3. The van der Waals surface area contributed by atoms with Crippen molar-refractivity contribution in [1.29, 1.82) is 0 Å². The molecule has 1 unspecified atom stereocenters. The number of alkyl halides is 5. The van der Waals surface area contributed by atoms with Crippen LogP contribution in [0.5, 0.6) is 0 Å². The van der Waals surface area contributed by atoms with Crippen LogP contribution in [0.3, 0.4) is 0 Å². The molecule has 8 heteroatoms. The van der Waals surface area contributed by atoms with Gasteiger partial charge in [-0.2, -0.15) is 22.0 Å². The highest BCUT2D eigenvalue weighted by molar-refractivity contribution is 5.96. The molecule has 0 saturated heterocycles. The lowest BCUT2D eigenvalue weighted by Gasteiger charge is -2.34. The van der Waals surface area contributed by atoms with Crippen LogP contribution in [-0.2, 0) is 4.74 Å². The summed E-state index contributed by atoms with van der Waals surface area (Å²) in [6.07, 6.45) is -7.57. The minimum atomic E-state index is -6.05. The van der Waals surface area contributed by atoms with Crippen LogP contribution >= 0.6 is 0 Å². The predicted molar refractivity (Wildman–Crippen MR) is 58.4 cm³/mol. The van der Waals surface area contributed by atoms with E-state index in [4.69, 9.17) is 0 Å². The molecule has 0 radical (unpaired) electrons. The second-order valence-electron chi connectivity index (χ2n) is 4.03. The molecule has 1 aromatic carbocycles. The molecule has 1 N–H and O–H groups in total. The van der Waals surface area contributed by atoms with Gasteiger partial charge in [0.05, 0.1) is 6.42 Å². The number of ether oxygens (including phenoxy) is 1. The van der Waals surface area contributed by atoms with Gasteiger partial charge in [-0.15, -0.1) is 0 Å². The third-order valence-corrected chi connectivity index (χ3v) is 2.68. The minimum absolute atomic E-state index is 0.110. The van der Waals surface area contributed by atoms with Crippen molar-refractivity contribution >= 4 is 5.78 Å². The number of benzene rings is 1. The largest absolute Gasteiger partial charge is 0.459 e. The number of Topliss-reactive ketones (excluding diaryl/α,β-unsaturated/α-hetero) is 1. The molecule has 0 fully saturated rings. The molecule has 1 aromatic rings. The molecule has 0 bridgehead atoms. The van der Waals surface area contributed by atoms with Gasteiger partial charge >= 0.3 is 12.1 Å². The Kier molecular flexibility index (Phi) is 4.50. The number of aliphatic hydroxyl groups is 1. The number of hydrogen-bond donors (Lipinski definition) is 1. The van der Waals surface area contributed by atoms with E-state index >= 15 is 0 Å². The summed E-state index contributed by atoms with van der Waals surface area (Å²) < 4.78 is 67.1. The van der Waals surface area contributed by atoms with Gasteiger partial charge in [-0.25, -0.2) is 0 Å². The van der Waals surface area contributed by atoms with Gasteiger partial charge in [-0.3, -0.25) is 4.79 Å². The fourth-order valence-corrected chi connectivity index (χ4v) is 1.48. The van der Waals surface area contributed by atoms with Crippen molar-refractivity contribution in [3.8, 4) is 0 Å². The van der Waals surface area contributed by atoms with Crippen LogP contribution in [0.4, 0.5) is 22.0 Å². The van der Waals surface area contributed by atoms with Gasteiger partial charge < -0.3 is 9.84 Å². The second-order valence-corrected chi connectivity index (χ2v) is 4.03. The van der Waals surface area contributed by atoms with Crippen molar-refractivity contribution in [3.63, 3.8) is 0 Å². The first-order valence-corrected chi connectivity index (χ1v) is 5.35. The second kappa shape index (κ2) is 5.45. The Bertz CT molecular complexity index is 472. The summed E-state index contributed by atoms with van der Waals surface area (Å²) in [5.74, 6) is -10.6. The summed E-state index contributed by atoms with van der Waals surface area (Å²) >= 11 is 0. The van der Waals surface area contributed by atoms with E-state index in [-0.39, 0.29) is 5.56 Å². The zero-order valence-electron chi connectivity index (χ0n) is 10.2. The molecule has 0 aliphatic heterocycles. The zero-order valence-corrected chi connectivity index (χ0v) is 10.2. The van der Waals surface area contributed by atoms with Crippen molar-refractivity contribution in [2.45, 2.75) is 24.3 Å². The summed E-state index contributed by atoms with van der Waals surface area (Å²) in [7, 11) is 0.470. The highest BCUT2D eigenvalue weighted by Crippen LogP contribution is 2.45. The van der Waals surface area contributed by atoms with Crippen LogP contribution in [-0.4, -0.2) is 35.9 Å². The predicted octanol–water partition coefficient (Wildman–Crippen LogP) is 2.79. The van der Waals surface area contributed by atoms with Crippen molar-refractivity contribution in [2.75, 3.05) is 7.11 Å². The number of carbonyl (C=O) groups excluding carboxylic acids is 1. The monoisotopic (exact) mass is 298 g/mol. The number of methoxy groups -OCH3 is 1. The molecule has 112 valence electrons. The van der Waals surface area contributed by atoms with E-state index in [2.05, 4.69) is 4.74 Å². The normalized spacial score (nSPS) is 15.8. The van der Waals surface area contributed by atoms with Gasteiger partial charge in [0.1, 0.15) is 0 Å². The Morgan fingerprint density at radius 2 is 1.65 bits per heavy atom. The van der Waals surface area contributed by atoms with Crippen LogP contribution in [0.1, 0.15) is 16.8 Å². The summed E-state index contributed by atoms with van der Waals surface area (Å²) in [6, 6.07) is 6.79. The maximum absolute atomic E-state index is 13.2. The van der Waals surface area contributed by atoms with E-state index in [9.17, 15) is 31.9 Å². The smallest absolute Gasteiger partial charge is 0.360 e. The van der Waals surface area contributed by atoms with Gasteiger partial charge in [0.25, 0.3) is 0 Å². The first-order valence-electron chi connectivity index (χ1n) is 5.35. The number of halogens is 5. The number of ketones is 1. The van der Waals surface area contributed by atoms with Gasteiger partial charge in [0.2, 0.25) is 5.79 Å². The first-order chi connectivity index (χ1) is 9.05. The van der Waals surface area contributed by atoms with E-state index in [0.29, 0.717) is 7.11 Å². The number of rotatable bonds is 5. The zero-order chi connectivity index (χ0) is 15.6. The number of carbonyl (C=O) groups is 1. The third kappa shape index (κ3) is 2.96. The molecule has 1 rings (SSSR count). The lowest BCUT2D eigenvalue weighted by Crippen LogP contribution is -2.59. The molecule has 0 aliphatic rings. The number of hydrogen-bond acceptors (Lipinski definition) is 3. The van der Waals surface area contributed by atoms with Crippen LogP contribution in [0, 0.1) is 0 Å². The molecule has 3 nitrogen and oxygen atoms in total. The average molecular weight is 298 g/mol. The molecule has 20 heavy (non-hydrogen) atoms. The topological polar surface area (TPSA) is 46.5 Å². The quantitative estimate of drug-likeness (QED) is 0.516. The van der Waals surface area contributed by atoms with Crippen molar-refractivity contribution in [3.05, 3.63) is 35.9 Å². The highest BCUT2D eigenvalue weighted by atomic mass is 19.4. The van der Waals surface area contributed by atoms with E-state index < -0.39 is 30.1 Å². The highest BCUT2D eigenvalue weighted by Gasteiger charge is 2.71. The Morgan fingerprint density at radius 3 is 2.05 bits per heavy atom. The molecule has 0 amide bonds. The van der Waals surface area contributed by atoms with E-state index in [1.807, 2.05) is 0 Å². The minimum Gasteiger partial charge on any atom is -0.360 e. The molecule has 0 spiro atoms. The van der Waals surface area contributed by atoms with Crippen molar-refractivity contribution in [2.24, 2.45) is 0 Å². The maximum atomic E-state index is 13.2. The van der Waals surface area contributed by atoms with E-state index in [1.165, 1.54) is 30.3 Å². The lowest BCUT2D eigenvalue weighted by atomic mass is 9.97. The average Bonchev–Trinajstić information content (AvgIpc) is 2.38. The van der Waals surface area contributed by atoms with Gasteiger partial charge in [-0.1, -0.05) is 30.3 Å². The molecule has 0 aromatic heterocycles. The molecule has 0 aliphatic carbocycles. The van der Waals surface area contributed by atoms with Crippen LogP contribution in [0.15, 0.2) is 30.3 Å².